The van der Waals surface area contributed by atoms with Crippen molar-refractivity contribution in [1.29, 1.82) is 0 Å². The van der Waals surface area contributed by atoms with Crippen LogP contribution in [0.5, 0.6) is 0 Å². The van der Waals surface area contributed by atoms with Crippen LogP contribution in [0.2, 0.25) is 0 Å². The highest BCUT2D eigenvalue weighted by molar-refractivity contribution is 5.84. The Hall–Kier alpha value is -1.57. The molecule has 2 nitrogen and oxygen atoms in total. The van der Waals surface area contributed by atoms with E-state index in [1.54, 1.807) is 6.07 Å². The van der Waals surface area contributed by atoms with Gasteiger partial charge in [0, 0.05) is 17.8 Å². The van der Waals surface area contributed by atoms with E-state index in [1.165, 1.54) is 5.57 Å². The van der Waals surface area contributed by atoms with E-state index >= 15 is 0 Å². The third-order valence-corrected chi connectivity index (χ3v) is 1.89. The number of nitrogens with one attached hydrogen (secondary N) is 1. The monoisotopic (exact) mass is 189 g/mol. The molecule has 1 aromatic carbocycles. The number of para-hydroxylation sites is 1. The fourth-order valence-electron chi connectivity index (χ4n) is 1.13. The molecule has 0 aliphatic rings. The molecule has 1 N–H and O–H groups in total. The predicted octanol–water partition coefficient (Wildman–Crippen LogP) is 2.88. The van der Waals surface area contributed by atoms with Crippen molar-refractivity contribution in [1.82, 2.24) is 0 Å². The third-order valence-electron chi connectivity index (χ3n) is 1.89. The Kier molecular flexibility index (Phi) is 3.92. The van der Waals surface area contributed by atoms with Crippen molar-refractivity contribution >= 4 is 12.0 Å². The summed E-state index contributed by atoms with van der Waals surface area (Å²) in [6, 6.07) is 7.48. The first-order valence-electron chi connectivity index (χ1n) is 4.65. The molecule has 2 heteroatoms. The van der Waals surface area contributed by atoms with Gasteiger partial charge in [0.1, 0.15) is 0 Å². The van der Waals surface area contributed by atoms with Gasteiger partial charge in [0.05, 0.1) is 0 Å². The van der Waals surface area contributed by atoms with Gasteiger partial charge in [-0.3, -0.25) is 4.79 Å². The summed E-state index contributed by atoms with van der Waals surface area (Å²) >= 11 is 0. The minimum absolute atomic E-state index is 0.703. The van der Waals surface area contributed by atoms with Crippen LogP contribution >= 0.6 is 0 Å². The van der Waals surface area contributed by atoms with Gasteiger partial charge in [-0.05, 0) is 26.0 Å². The van der Waals surface area contributed by atoms with Crippen LogP contribution in [0.15, 0.2) is 35.9 Å². The normalized spacial score (nSPS) is 9.29. The van der Waals surface area contributed by atoms with E-state index in [-0.39, 0.29) is 0 Å². The van der Waals surface area contributed by atoms with Crippen LogP contribution in [0.1, 0.15) is 24.2 Å². The molecule has 1 rings (SSSR count). The first-order valence-corrected chi connectivity index (χ1v) is 4.65. The summed E-state index contributed by atoms with van der Waals surface area (Å²) in [6.45, 7) is 4.85. The number of anilines is 1. The molecule has 0 amide bonds. The topological polar surface area (TPSA) is 29.1 Å². The van der Waals surface area contributed by atoms with Crippen molar-refractivity contribution < 1.29 is 4.79 Å². The molecule has 0 bridgehead atoms. The number of aldehydes is 1. The number of hydrogen-bond acceptors (Lipinski definition) is 2. The first-order chi connectivity index (χ1) is 6.74. The quantitative estimate of drug-likeness (QED) is 0.583. The predicted molar refractivity (Wildman–Crippen MR) is 59.8 cm³/mol. The molecule has 0 aromatic heterocycles. The van der Waals surface area contributed by atoms with E-state index in [4.69, 9.17) is 0 Å². The molecule has 1 aromatic rings. The largest absolute Gasteiger partial charge is 0.381 e. The average molecular weight is 189 g/mol. The Morgan fingerprint density at radius 3 is 2.71 bits per heavy atom. The molecular weight excluding hydrogens is 174 g/mol. The Morgan fingerprint density at radius 1 is 1.36 bits per heavy atom. The molecule has 0 aliphatic heterocycles. The summed E-state index contributed by atoms with van der Waals surface area (Å²) in [5.41, 5.74) is 2.86. The van der Waals surface area contributed by atoms with E-state index in [9.17, 15) is 4.79 Å². The van der Waals surface area contributed by atoms with Crippen LogP contribution in [0.3, 0.4) is 0 Å². The van der Waals surface area contributed by atoms with Crippen LogP contribution in [0.4, 0.5) is 5.69 Å². The third kappa shape index (κ3) is 3.05. The lowest BCUT2D eigenvalue weighted by Gasteiger charge is -2.05. The van der Waals surface area contributed by atoms with Gasteiger partial charge < -0.3 is 5.32 Å². The molecule has 0 radical (unpaired) electrons. The van der Waals surface area contributed by atoms with Crippen LogP contribution in [-0.4, -0.2) is 12.8 Å². The van der Waals surface area contributed by atoms with Gasteiger partial charge in [0.2, 0.25) is 0 Å². The Morgan fingerprint density at radius 2 is 2.07 bits per heavy atom. The summed E-state index contributed by atoms with van der Waals surface area (Å²) in [4.78, 5) is 10.7. The van der Waals surface area contributed by atoms with Crippen LogP contribution in [0, 0.1) is 0 Å². The standard InChI is InChI=1S/C12H15NO/c1-10(2)7-8-13-12-6-4-3-5-11(12)9-14/h3-7,9,13H,8H2,1-2H3. The fraction of sp³-hybridized carbons (Fsp3) is 0.250. The van der Waals surface area contributed by atoms with Crippen molar-refractivity contribution in [2.75, 3.05) is 11.9 Å². The zero-order chi connectivity index (χ0) is 10.4. The van der Waals surface area contributed by atoms with Crippen molar-refractivity contribution in [3.8, 4) is 0 Å². The van der Waals surface area contributed by atoms with Crippen LogP contribution < -0.4 is 5.32 Å². The zero-order valence-corrected chi connectivity index (χ0v) is 8.58. The Labute approximate surface area is 84.6 Å². The lowest BCUT2D eigenvalue weighted by atomic mass is 10.2. The summed E-state index contributed by atoms with van der Waals surface area (Å²) in [5.74, 6) is 0. The van der Waals surface area contributed by atoms with E-state index in [1.807, 2.05) is 32.0 Å². The van der Waals surface area contributed by atoms with Crippen LogP contribution in [-0.2, 0) is 0 Å². The molecule has 74 valence electrons. The summed E-state index contributed by atoms with van der Waals surface area (Å²) < 4.78 is 0. The second kappa shape index (κ2) is 5.22. The minimum Gasteiger partial charge on any atom is -0.381 e. The molecule has 0 aliphatic carbocycles. The maximum Gasteiger partial charge on any atom is 0.152 e. The van der Waals surface area contributed by atoms with E-state index in [2.05, 4.69) is 11.4 Å². The van der Waals surface area contributed by atoms with Crippen LogP contribution in [0.25, 0.3) is 0 Å². The number of benzene rings is 1. The molecular formula is C12H15NO. The molecule has 0 saturated carbocycles. The molecule has 0 fully saturated rings. The maximum absolute atomic E-state index is 10.7. The highest BCUT2D eigenvalue weighted by Crippen LogP contribution is 2.11. The number of rotatable bonds is 4. The Balaban J connectivity index is 2.66. The smallest absolute Gasteiger partial charge is 0.152 e. The number of carbonyl (C=O) groups excluding carboxylic acids is 1. The average Bonchev–Trinajstić information content (AvgIpc) is 2.18. The summed E-state index contributed by atoms with van der Waals surface area (Å²) in [6.07, 6.45) is 2.95. The second-order valence-corrected chi connectivity index (χ2v) is 3.37. The SMILES string of the molecule is CC(C)=CCNc1ccccc1C=O. The first kappa shape index (κ1) is 10.5. The van der Waals surface area contributed by atoms with Crippen molar-refractivity contribution in [2.24, 2.45) is 0 Å². The number of allylic oxidation sites excluding steroid dienone is 1. The second-order valence-electron chi connectivity index (χ2n) is 3.37. The molecule has 14 heavy (non-hydrogen) atoms. The van der Waals surface area contributed by atoms with Gasteiger partial charge in [0.15, 0.2) is 6.29 Å². The molecule has 0 unspecified atom stereocenters. The molecule has 0 atom stereocenters. The van der Waals surface area contributed by atoms with Gasteiger partial charge >= 0.3 is 0 Å². The number of hydrogen-bond donors (Lipinski definition) is 1. The maximum atomic E-state index is 10.7. The Bertz CT molecular complexity index is 338. The minimum atomic E-state index is 0.703. The summed E-state index contributed by atoms with van der Waals surface area (Å²) in [5, 5.41) is 3.19. The fourth-order valence-corrected chi connectivity index (χ4v) is 1.13. The van der Waals surface area contributed by atoms with E-state index in [0.717, 1.165) is 18.5 Å². The van der Waals surface area contributed by atoms with Gasteiger partial charge in [-0.1, -0.05) is 23.8 Å². The summed E-state index contributed by atoms with van der Waals surface area (Å²) in [7, 11) is 0. The van der Waals surface area contributed by atoms with Gasteiger partial charge in [-0.2, -0.15) is 0 Å². The zero-order valence-electron chi connectivity index (χ0n) is 8.58. The van der Waals surface area contributed by atoms with Gasteiger partial charge in [0.25, 0.3) is 0 Å². The van der Waals surface area contributed by atoms with Crippen molar-refractivity contribution in [3.63, 3.8) is 0 Å². The number of carbonyl (C=O) groups is 1. The van der Waals surface area contributed by atoms with E-state index < -0.39 is 0 Å². The van der Waals surface area contributed by atoms with E-state index in [0.29, 0.717) is 5.56 Å². The van der Waals surface area contributed by atoms with Gasteiger partial charge in [-0.15, -0.1) is 0 Å². The highest BCUT2D eigenvalue weighted by Gasteiger charge is 1.96. The van der Waals surface area contributed by atoms with Crippen molar-refractivity contribution in [3.05, 3.63) is 41.5 Å². The lowest BCUT2D eigenvalue weighted by Crippen LogP contribution is -2.01. The lowest BCUT2D eigenvalue weighted by molar-refractivity contribution is 0.112. The molecule has 0 spiro atoms. The van der Waals surface area contributed by atoms with Gasteiger partial charge in [-0.25, -0.2) is 0 Å². The molecule has 0 saturated heterocycles. The van der Waals surface area contributed by atoms with Crippen molar-refractivity contribution in [2.45, 2.75) is 13.8 Å². The highest BCUT2D eigenvalue weighted by atomic mass is 16.1. The molecule has 0 heterocycles.